The maximum absolute atomic E-state index is 10.9. The zero-order chi connectivity index (χ0) is 15.9. The molecular formula is C19H26O2. The van der Waals surface area contributed by atoms with Gasteiger partial charge in [-0.2, -0.15) is 0 Å². The van der Waals surface area contributed by atoms with Crippen LogP contribution in [0, 0.1) is 6.92 Å². The predicted octanol–water partition coefficient (Wildman–Crippen LogP) is 4.68. The van der Waals surface area contributed by atoms with Gasteiger partial charge in [-0.3, -0.25) is 0 Å². The predicted molar refractivity (Wildman–Crippen MR) is 88.8 cm³/mol. The molecule has 0 fully saturated rings. The van der Waals surface area contributed by atoms with Gasteiger partial charge in [0, 0.05) is 0 Å². The van der Waals surface area contributed by atoms with Gasteiger partial charge in [-0.15, -0.1) is 0 Å². The Morgan fingerprint density at radius 1 is 1.05 bits per heavy atom. The normalized spacial score (nSPS) is 12.9. The quantitative estimate of drug-likeness (QED) is 0.884. The van der Waals surface area contributed by atoms with E-state index in [0.29, 0.717) is 6.61 Å². The van der Waals surface area contributed by atoms with Gasteiger partial charge in [0.1, 0.15) is 11.4 Å². The highest BCUT2D eigenvalue weighted by atomic mass is 16.5. The molecule has 1 atom stereocenters. The first-order valence-corrected chi connectivity index (χ1v) is 7.57. The minimum Gasteiger partial charge on any atom is -0.494 e. The standard InChI is InChI=1S/C17H20O2.C2H6/c1-4-19-15-10-7-9-14(12-15)17(3,18)16-11-6-5-8-13(16)2;1-2/h5-12,18H,4H2,1-3H3;1-2H3. The maximum Gasteiger partial charge on any atom is 0.119 e. The lowest BCUT2D eigenvalue weighted by Gasteiger charge is -2.26. The van der Waals surface area contributed by atoms with Crippen molar-refractivity contribution in [2.45, 2.75) is 40.2 Å². The molecule has 2 nitrogen and oxygen atoms in total. The largest absolute Gasteiger partial charge is 0.494 e. The van der Waals surface area contributed by atoms with Crippen molar-refractivity contribution in [2.24, 2.45) is 0 Å². The van der Waals surface area contributed by atoms with Gasteiger partial charge in [-0.1, -0.05) is 50.2 Å². The van der Waals surface area contributed by atoms with Crippen molar-refractivity contribution in [3.8, 4) is 5.75 Å². The molecule has 2 heteroatoms. The summed E-state index contributed by atoms with van der Waals surface area (Å²) in [5, 5.41) is 10.9. The van der Waals surface area contributed by atoms with Crippen LogP contribution in [0.4, 0.5) is 0 Å². The lowest BCUT2D eigenvalue weighted by Crippen LogP contribution is -2.23. The maximum atomic E-state index is 10.9. The first kappa shape index (κ1) is 17.3. The molecule has 1 unspecified atom stereocenters. The number of benzene rings is 2. The second-order valence-corrected chi connectivity index (χ2v) is 4.85. The van der Waals surface area contributed by atoms with Crippen LogP contribution < -0.4 is 4.74 Å². The van der Waals surface area contributed by atoms with Crippen molar-refractivity contribution >= 4 is 0 Å². The number of hydrogen-bond acceptors (Lipinski definition) is 2. The summed E-state index contributed by atoms with van der Waals surface area (Å²) in [5.41, 5.74) is 1.82. The molecule has 0 radical (unpaired) electrons. The number of aliphatic hydroxyl groups is 1. The fourth-order valence-corrected chi connectivity index (χ4v) is 2.33. The van der Waals surface area contributed by atoms with Crippen LogP contribution in [-0.4, -0.2) is 11.7 Å². The highest BCUT2D eigenvalue weighted by Gasteiger charge is 2.27. The van der Waals surface area contributed by atoms with E-state index < -0.39 is 5.60 Å². The minimum atomic E-state index is -1.02. The molecule has 21 heavy (non-hydrogen) atoms. The van der Waals surface area contributed by atoms with Crippen molar-refractivity contribution in [1.29, 1.82) is 0 Å². The van der Waals surface area contributed by atoms with Crippen LogP contribution in [0.25, 0.3) is 0 Å². The third-order valence-corrected chi connectivity index (χ3v) is 3.38. The Labute approximate surface area is 128 Å². The summed E-state index contributed by atoms with van der Waals surface area (Å²) in [7, 11) is 0. The van der Waals surface area contributed by atoms with E-state index in [9.17, 15) is 5.11 Å². The average Bonchev–Trinajstić information content (AvgIpc) is 2.50. The Hall–Kier alpha value is -1.80. The Morgan fingerprint density at radius 3 is 2.33 bits per heavy atom. The van der Waals surface area contributed by atoms with Crippen LogP contribution in [0.2, 0.25) is 0 Å². The molecule has 0 spiro atoms. The van der Waals surface area contributed by atoms with Gasteiger partial charge < -0.3 is 9.84 Å². The first-order chi connectivity index (χ1) is 10.1. The molecule has 0 aliphatic carbocycles. The summed E-state index contributed by atoms with van der Waals surface area (Å²) in [6, 6.07) is 15.5. The highest BCUT2D eigenvalue weighted by Crippen LogP contribution is 2.32. The van der Waals surface area contributed by atoms with Crippen LogP contribution in [-0.2, 0) is 5.60 Å². The van der Waals surface area contributed by atoms with E-state index in [-0.39, 0.29) is 0 Å². The molecular weight excluding hydrogens is 260 g/mol. The SMILES string of the molecule is CC.CCOc1cccc(C(C)(O)c2ccccc2C)c1. The van der Waals surface area contributed by atoms with E-state index in [4.69, 9.17) is 4.74 Å². The van der Waals surface area contributed by atoms with Gasteiger partial charge >= 0.3 is 0 Å². The second-order valence-electron chi connectivity index (χ2n) is 4.85. The molecule has 0 aromatic heterocycles. The van der Waals surface area contributed by atoms with E-state index in [2.05, 4.69) is 0 Å². The van der Waals surface area contributed by atoms with Crippen LogP contribution in [0.5, 0.6) is 5.75 Å². The molecule has 114 valence electrons. The molecule has 2 aromatic rings. The summed E-state index contributed by atoms with van der Waals surface area (Å²) < 4.78 is 5.50. The monoisotopic (exact) mass is 286 g/mol. The van der Waals surface area contributed by atoms with E-state index >= 15 is 0 Å². The van der Waals surface area contributed by atoms with Gasteiger partial charge in [0.15, 0.2) is 0 Å². The lowest BCUT2D eigenvalue weighted by molar-refractivity contribution is 0.101. The lowest BCUT2D eigenvalue weighted by atomic mass is 9.85. The van der Waals surface area contributed by atoms with Gasteiger partial charge in [0.2, 0.25) is 0 Å². The number of ether oxygens (including phenoxy) is 1. The van der Waals surface area contributed by atoms with Crippen molar-refractivity contribution < 1.29 is 9.84 Å². The molecule has 0 aliphatic heterocycles. The second kappa shape index (κ2) is 7.84. The zero-order valence-corrected chi connectivity index (χ0v) is 13.7. The van der Waals surface area contributed by atoms with Crippen molar-refractivity contribution in [3.63, 3.8) is 0 Å². The fraction of sp³-hybridized carbons (Fsp3) is 0.368. The van der Waals surface area contributed by atoms with E-state index in [0.717, 1.165) is 22.4 Å². The minimum absolute atomic E-state index is 0.621. The molecule has 2 aromatic carbocycles. The number of hydrogen-bond donors (Lipinski definition) is 1. The first-order valence-electron chi connectivity index (χ1n) is 7.57. The highest BCUT2D eigenvalue weighted by molar-refractivity contribution is 5.42. The Bertz CT molecular complexity index is 559. The van der Waals surface area contributed by atoms with Gasteiger partial charge in [0.25, 0.3) is 0 Å². The van der Waals surface area contributed by atoms with Crippen molar-refractivity contribution in [3.05, 3.63) is 65.2 Å². The van der Waals surface area contributed by atoms with Gasteiger partial charge in [-0.25, -0.2) is 0 Å². The molecule has 0 bridgehead atoms. The van der Waals surface area contributed by atoms with E-state index in [1.165, 1.54) is 0 Å². The summed E-state index contributed by atoms with van der Waals surface area (Å²) in [5.74, 6) is 0.786. The summed E-state index contributed by atoms with van der Waals surface area (Å²) >= 11 is 0. The third kappa shape index (κ3) is 4.08. The smallest absolute Gasteiger partial charge is 0.119 e. The van der Waals surface area contributed by atoms with Gasteiger partial charge in [-0.05, 0) is 49.6 Å². The van der Waals surface area contributed by atoms with Gasteiger partial charge in [0.05, 0.1) is 6.61 Å². The third-order valence-electron chi connectivity index (χ3n) is 3.38. The Morgan fingerprint density at radius 2 is 1.71 bits per heavy atom. The molecule has 0 amide bonds. The summed E-state index contributed by atoms with van der Waals surface area (Å²) in [4.78, 5) is 0. The van der Waals surface area contributed by atoms with Crippen LogP contribution in [0.3, 0.4) is 0 Å². The van der Waals surface area contributed by atoms with Crippen LogP contribution >= 0.6 is 0 Å². The van der Waals surface area contributed by atoms with Crippen molar-refractivity contribution in [1.82, 2.24) is 0 Å². The van der Waals surface area contributed by atoms with Crippen LogP contribution in [0.1, 0.15) is 44.4 Å². The molecule has 0 saturated heterocycles. The number of rotatable bonds is 4. The molecule has 0 aliphatic rings. The average molecular weight is 286 g/mol. The number of aryl methyl sites for hydroxylation is 1. The topological polar surface area (TPSA) is 29.5 Å². The molecule has 0 saturated carbocycles. The van der Waals surface area contributed by atoms with E-state index in [1.54, 1.807) is 0 Å². The fourth-order valence-electron chi connectivity index (χ4n) is 2.33. The zero-order valence-electron chi connectivity index (χ0n) is 13.7. The molecule has 0 heterocycles. The Kier molecular flexibility index (Phi) is 6.44. The van der Waals surface area contributed by atoms with Crippen molar-refractivity contribution in [2.75, 3.05) is 6.61 Å². The molecule has 1 N–H and O–H groups in total. The Balaban J connectivity index is 0.00000106. The van der Waals surface area contributed by atoms with Crippen LogP contribution in [0.15, 0.2) is 48.5 Å². The summed E-state index contributed by atoms with van der Waals surface area (Å²) in [6.45, 7) is 10.4. The summed E-state index contributed by atoms with van der Waals surface area (Å²) in [6.07, 6.45) is 0. The molecule has 2 rings (SSSR count). The van der Waals surface area contributed by atoms with E-state index in [1.807, 2.05) is 83.1 Å².